The summed E-state index contributed by atoms with van der Waals surface area (Å²) in [5.41, 5.74) is -0.240. The third-order valence-corrected chi connectivity index (χ3v) is 7.11. The van der Waals surface area contributed by atoms with Crippen molar-refractivity contribution >= 4 is 51.3 Å². The average Bonchev–Trinajstić information content (AvgIpc) is 3.11. The van der Waals surface area contributed by atoms with Crippen LogP contribution in [0.1, 0.15) is 16.0 Å². The van der Waals surface area contributed by atoms with Crippen molar-refractivity contribution in [1.29, 1.82) is 0 Å². The maximum absolute atomic E-state index is 12.8. The summed E-state index contributed by atoms with van der Waals surface area (Å²) in [6, 6.07) is 8.29. The molecule has 2 aromatic rings. The van der Waals surface area contributed by atoms with Crippen LogP contribution in [0.3, 0.4) is 0 Å². The van der Waals surface area contributed by atoms with E-state index >= 15 is 0 Å². The fourth-order valence-electron chi connectivity index (χ4n) is 2.21. The third-order valence-electron chi connectivity index (χ3n) is 3.74. The van der Waals surface area contributed by atoms with Crippen LogP contribution in [0.25, 0.3) is 0 Å². The molecular weight excluding hydrogens is 540 g/mol. The van der Waals surface area contributed by atoms with Crippen LogP contribution in [0, 0.1) is 0 Å². The fraction of sp³-hybridized carbons (Fsp3) is 0.353. The first-order valence-corrected chi connectivity index (χ1v) is 10.4. The predicted octanol–water partition coefficient (Wildman–Crippen LogP) is 3.50. The van der Waals surface area contributed by atoms with E-state index < -0.39 is 21.8 Å². The molecule has 0 spiro atoms. The summed E-state index contributed by atoms with van der Waals surface area (Å²) in [6.45, 7) is 0.490. The second-order valence-electron chi connectivity index (χ2n) is 5.99. The highest BCUT2D eigenvalue weighted by molar-refractivity contribution is 14.0. The molecule has 0 unspecified atom stereocenters. The summed E-state index contributed by atoms with van der Waals surface area (Å²) < 4.78 is 63.9. The first-order chi connectivity index (χ1) is 13.0. The minimum absolute atomic E-state index is 0. The van der Waals surface area contributed by atoms with Gasteiger partial charge in [0.2, 0.25) is 0 Å². The molecule has 1 aromatic heterocycles. The molecule has 0 fully saturated rings. The lowest BCUT2D eigenvalue weighted by Crippen LogP contribution is -2.36. The van der Waals surface area contributed by atoms with Crippen LogP contribution in [0.5, 0.6) is 0 Å². The van der Waals surface area contributed by atoms with Crippen molar-refractivity contribution in [2.45, 2.75) is 23.5 Å². The van der Waals surface area contributed by atoms with E-state index in [9.17, 15) is 21.6 Å². The lowest BCUT2D eigenvalue weighted by atomic mass is 10.1. The van der Waals surface area contributed by atoms with E-state index in [1.165, 1.54) is 33.3 Å². The number of halogens is 4. The molecule has 0 radical (unpaired) electrons. The smallest absolute Gasteiger partial charge is 0.352 e. The van der Waals surface area contributed by atoms with Crippen molar-refractivity contribution < 1.29 is 21.6 Å². The van der Waals surface area contributed by atoms with Gasteiger partial charge in [-0.05, 0) is 29.8 Å². The van der Waals surface area contributed by atoms with E-state index in [1.807, 2.05) is 0 Å². The van der Waals surface area contributed by atoms with Crippen molar-refractivity contribution in [3.8, 4) is 0 Å². The van der Waals surface area contributed by atoms with Crippen molar-refractivity contribution in [3.05, 3.63) is 52.4 Å². The molecule has 0 atom stereocenters. The van der Waals surface area contributed by atoms with Crippen molar-refractivity contribution in [2.75, 3.05) is 21.1 Å². The molecule has 162 valence electrons. The number of nitrogens with one attached hydrogen (secondary N) is 2. The van der Waals surface area contributed by atoms with Crippen LogP contribution in [-0.2, 0) is 29.3 Å². The predicted molar refractivity (Wildman–Crippen MR) is 119 cm³/mol. The molecule has 0 saturated heterocycles. The van der Waals surface area contributed by atoms with Crippen LogP contribution in [0.15, 0.2) is 45.6 Å². The SMILES string of the molecule is CN=C(NCc1cccc(C(F)(F)F)c1)NCc1ccc(S(=O)(=O)N(C)C)s1.I. The number of thiophene rings is 1. The van der Waals surface area contributed by atoms with Gasteiger partial charge in [-0.2, -0.15) is 13.2 Å². The quantitative estimate of drug-likeness (QED) is 0.321. The lowest BCUT2D eigenvalue weighted by Gasteiger charge is -2.13. The zero-order valence-electron chi connectivity index (χ0n) is 15.9. The maximum atomic E-state index is 12.8. The van der Waals surface area contributed by atoms with Gasteiger partial charge < -0.3 is 10.6 Å². The number of benzene rings is 1. The van der Waals surface area contributed by atoms with E-state index in [0.717, 1.165) is 32.7 Å². The number of rotatable bonds is 6. The summed E-state index contributed by atoms with van der Waals surface area (Å²) in [5, 5.41) is 5.95. The molecule has 29 heavy (non-hydrogen) atoms. The Kier molecular flexibility index (Phi) is 9.37. The number of nitrogens with zero attached hydrogens (tertiary/aromatic N) is 2. The Morgan fingerprint density at radius 3 is 2.38 bits per heavy atom. The molecule has 12 heteroatoms. The van der Waals surface area contributed by atoms with Gasteiger partial charge in [-0.1, -0.05) is 12.1 Å². The molecule has 0 aliphatic heterocycles. The van der Waals surface area contributed by atoms with Gasteiger partial charge in [0.25, 0.3) is 10.0 Å². The Balaban J connectivity index is 0.00000420. The Morgan fingerprint density at radius 1 is 1.14 bits per heavy atom. The van der Waals surface area contributed by atoms with Crippen LogP contribution >= 0.6 is 35.3 Å². The summed E-state index contributed by atoms with van der Waals surface area (Å²) in [5.74, 6) is 0.392. The van der Waals surface area contributed by atoms with Gasteiger partial charge in [0.05, 0.1) is 12.1 Å². The normalized spacial score (nSPS) is 12.6. The number of guanidine groups is 1. The summed E-state index contributed by atoms with van der Waals surface area (Å²) in [6.07, 6.45) is -4.39. The van der Waals surface area contributed by atoms with Crippen LogP contribution in [0.2, 0.25) is 0 Å². The highest BCUT2D eigenvalue weighted by Crippen LogP contribution is 2.29. The van der Waals surface area contributed by atoms with Crippen molar-refractivity contribution in [1.82, 2.24) is 14.9 Å². The first-order valence-electron chi connectivity index (χ1n) is 8.16. The second-order valence-corrected chi connectivity index (χ2v) is 9.53. The molecule has 1 aromatic carbocycles. The van der Waals surface area contributed by atoms with Gasteiger partial charge in [0.1, 0.15) is 4.21 Å². The minimum Gasteiger partial charge on any atom is -0.352 e. The first kappa shape index (κ1) is 25.7. The third kappa shape index (κ3) is 7.12. The monoisotopic (exact) mass is 562 g/mol. The molecule has 0 saturated carbocycles. The largest absolute Gasteiger partial charge is 0.416 e. The van der Waals surface area contributed by atoms with E-state index in [1.54, 1.807) is 12.1 Å². The lowest BCUT2D eigenvalue weighted by molar-refractivity contribution is -0.137. The zero-order valence-corrected chi connectivity index (χ0v) is 19.9. The zero-order chi connectivity index (χ0) is 20.9. The van der Waals surface area contributed by atoms with E-state index in [0.29, 0.717) is 18.1 Å². The van der Waals surface area contributed by atoms with Gasteiger partial charge in [-0.15, -0.1) is 35.3 Å². The number of sulfonamides is 1. The van der Waals surface area contributed by atoms with Gasteiger partial charge in [0.15, 0.2) is 5.96 Å². The van der Waals surface area contributed by atoms with Gasteiger partial charge in [0, 0.05) is 32.6 Å². The number of aliphatic imine (C=N–C) groups is 1. The molecule has 0 aliphatic carbocycles. The Hall–Kier alpha value is -1.38. The standard InChI is InChI=1S/C17H21F3N4O2S2.HI/c1-21-16(22-10-12-5-4-6-13(9-12)17(18,19)20)23-11-14-7-8-15(27-14)28(25,26)24(2)3;/h4-9H,10-11H2,1-3H3,(H2,21,22,23);1H. The summed E-state index contributed by atoms with van der Waals surface area (Å²) >= 11 is 1.14. The molecular formula is C17H22F3IN4O2S2. The highest BCUT2D eigenvalue weighted by Gasteiger charge is 2.30. The van der Waals surface area contributed by atoms with Crippen LogP contribution in [-0.4, -0.2) is 39.8 Å². The van der Waals surface area contributed by atoms with Crippen molar-refractivity contribution in [3.63, 3.8) is 0 Å². The van der Waals surface area contributed by atoms with E-state index in [4.69, 9.17) is 0 Å². The molecule has 0 bridgehead atoms. The second kappa shape index (κ2) is 10.6. The fourth-order valence-corrected chi connectivity index (χ4v) is 4.67. The average molecular weight is 562 g/mol. The maximum Gasteiger partial charge on any atom is 0.416 e. The molecule has 0 aliphatic rings. The van der Waals surface area contributed by atoms with Crippen molar-refractivity contribution in [2.24, 2.45) is 4.99 Å². The summed E-state index contributed by atoms with van der Waals surface area (Å²) in [7, 11) is 0.993. The Bertz CT molecular complexity index is 944. The topological polar surface area (TPSA) is 73.8 Å². The Morgan fingerprint density at radius 2 is 1.79 bits per heavy atom. The Labute approximate surface area is 189 Å². The number of alkyl halides is 3. The number of hydrogen-bond acceptors (Lipinski definition) is 4. The van der Waals surface area contributed by atoms with Gasteiger partial charge in [-0.25, -0.2) is 12.7 Å². The van der Waals surface area contributed by atoms with Crippen LogP contribution in [0.4, 0.5) is 13.2 Å². The molecule has 6 nitrogen and oxygen atoms in total. The van der Waals surface area contributed by atoms with E-state index in [-0.39, 0.29) is 34.7 Å². The summed E-state index contributed by atoms with van der Waals surface area (Å²) in [4.78, 5) is 4.80. The minimum atomic E-state index is -4.39. The molecule has 1 heterocycles. The van der Waals surface area contributed by atoms with Gasteiger partial charge in [-0.3, -0.25) is 4.99 Å². The van der Waals surface area contributed by atoms with Crippen LogP contribution < -0.4 is 10.6 Å². The van der Waals surface area contributed by atoms with E-state index in [2.05, 4.69) is 15.6 Å². The van der Waals surface area contributed by atoms with Gasteiger partial charge >= 0.3 is 6.18 Å². The molecule has 0 amide bonds. The highest BCUT2D eigenvalue weighted by atomic mass is 127. The number of hydrogen-bond donors (Lipinski definition) is 2. The molecule has 2 N–H and O–H groups in total. The molecule has 2 rings (SSSR count).